The molecule has 0 amide bonds. The first-order valence-electron chi connectivity index (χ1n) is 15.9. The van der Waals surface area contributed by atoms with Crippen molar-refractivity contribution in [3.8, 4) is 11.4 Å². The first kappa shape index (κ1) is 32.3. The van der Waals surface area contributed by atoms with Gasteiger partial charge in [-0.25, -0.2) is 19.9 Å². The summed E-state index contributed by atoms with van der Waals surface area (Å²) in [6, 6.07) is 21.4. The van der Waals surface area contributed by atoms with Crippen LogP contribution in [-0.4, -0.2) is 48.5 Å². The van der Waals surface area contributed by atoms with E-state index in [1.54, 1.807) is 0 Å². The minimum atomic E-state index is 0.646. The Balaban J connectivity index is 0.000000178. The lowest BCUT2D eigenvalue weighted by Gasteiger charge is -2.09. The zero-order chi connectivity index (χ0) is 32.1. The van der Waals surface area contributed by atoms with Crippen LogP contribution in [0.5, 0.6) is 0 Å². The lowest BCUT2D eigenvalue weighted by atomic mass is 10.1. The Hall–Kier alpha value is -4.07. The molecule has 0 aliphatic rings. The number of imidazole rings is 2. The van der Waals surface area contributed by atoms with Crippen molar-refractivity contribution < 1.29 is 0 Å². The van der Waals surface area contributed by atoms with Crippen LogP contribution in [0.3, 0.4) is 0 Å². The number of nitrogens with zero attached hydrogens (tertiary/aromatic N) is 6. The van der Waals surface area contributed by atoms with Crippen LogP contribution in [0.1, 0.15) is 59.1 Å². The number of alkyl halides is 1. The van der Waals surface area contributed by atoms with E-state index in [4.69, 9.17) is 31.5 Å². The highest BCUT2D eigenvalue weighted by molar-refractivity contribution is 6.18. The summed E-state index contributed by atoms with van der Waals surface area (Å²) < 4.78 is 4.36. The maximum Gasteiger partial charge on any atom is 0.165 e. The smallest absolute Gasteiger partial charge is 0.165 e. The number of hydrogen-bond acceptors (Lipinski definition) is 5. The number of nitrogens with one attached hydrogen (secondary N) is 1. The summed E-state index contributed by atoms with van der Waals surface area (Å²) in [6.45, 7) is 13.5. The van der Waals surface area contributed by atoms with Crippen molar-refractivity contribution in [3.63, 3.8) is 0 Å². The first-order valence-corrected chi connectivity index (χ1v) is 16.4. The second-order valence-corrected chi connectivity index (χ2v) is 11.9. The van der Waals surface area contributed by atoms with Gasteiger partial charge in [-0.1, -0.05) is 38.1 Å². The molecule has 0 bridgehead atoms. The fourth-order valence-corrected chi connectivity index (χ4v) is 6.05. The third-order valence-corrected chi connectivity index (χ3v) is 8.26. The highest BCUT2D eigenvalue weighted by atomic mass is 35.5. The van der Waals surface area contributed by atoms with Gasteiger partial charge in [0.2, 0.25) is 0 Å². The SMILES string of the molecule is CCc1nc2c(C)cc(C)nc2n1-c1ccc(CCCl)cc1.CCc1nc2c(C)cc(C)nc2n1-c1ccc(CCNC)cc1. The van der Waals surface area contributed by atoms with Crippen LogP contribution in [0.25, 0.3) is 33.7 Å². The molecule has 0 unspecified atom stereocenters. The second kappa shape index (κ2) is 14.4. The van der Waals surface area contributed by atoms with Gasteiger partial charge in [0.25, 0.3) is 0 Å². The fourth-order valence-electron chi connectivity index (χ4n) is 5.83. The van der Waals surface area contributed by atoms with E-state index in [-0.39, 0.29) is 0 Å². The van der Waals surface area contributed by atoms with Crippen molar-refractivity contribution in [3.05, 3.63) is 106 Å². The maximum atomic E-state index is 5.81. The lowest BCUT2D eigenvalue weighted by molar-refractivity contribution is 0.791. The highest BCUT2D eigenvalue weighted by Crippen LogP contribution is 2.25. The van der Waals surface area contributed by atoms with Gasteiger partial charge in [-0.15, -0.1) is 11.6 Å². The quantitative estimate of drug-likeness (QED) is 0.167. The summed E-state index contributed by atoms with van der Waals surface area (Å²) in [5.74, 6) is 2.75. The molecule has 0 spiro atoms. The van der Waals surface area contributed by atoms with Crippen LogP contribution in [0.4, 0.5) is 0 Å². The third kappa shape index (κ3) is 6.95. The van der Waals surface area contributed by atoms with E-state index in [0.717, 1.165) is 89.0 Å². The van der Waals surface area contributed by atoms with Crippen molar-refractivity contribution >= 4 is 33.9 Å². The summed E-state index contributed by atoms with van der Waals surface area (Å²) in [5, 5.41) is 3.19. The summed E-state index contributed by atoms with van der Waals surface area (Å²) in [4.78, 5) is 19.1. The van der Waals surface area contributed by atoms with Crippen molar-refractivity contribution in [1.82, 2.24) is 34.4 Å². The summed E-state index contributed by atoms with van der Waals surface area (Å²) in [5.41, 5.74) is 13.1. The molecule has 0 radical (unpaired) electrons. The van der Waals surface area contributed by atoms with Crippen molar-refractivity contribution in [2.75, 3.05) is 19.5 Å². The molecule has 7 nitrogen and oxygen atoms in total. The first-order chi connectivity index (χ1) is 21.8. The van der Waals surface area contributed by atoms with Gasteiger partial charge in [-0.05, 0) is 113 Å². The molecule has 4 heterocycles. The molecule has 8 heteroatoms. The van der Waals surface area contributed by atoms with Gasteiger partial charge in [-0.3, -0.25) is 9.13 Å². The fraction of sp³-hybridized carbons (Fsp3) is 0.351. The van der Waals surface area contributed by atoms with E-state index >= 15 is 0 Å². The van der Waals surface area contributed by atoms with E-state index in [2.05, 4.69) is 103 Å². The molecular formula is C37H44ClN7. The maximum absolute atomic E-state index is 5.81. The van der Waals surface area contributed by atoms with Gasteiger partial charge < -0.3 is 5.32 Å². The Morgan fingerprint density at radius 3 is 1.42 bits per heavy atom. The number of fused-ring (bicyclic) bond motifs is 2. The zero-order valence-corrected chi connectivity index (χ0v) is 28.3. The molecule has 6 aromatic rings. The molecule has 45 heavy (non-hydrogen) atoms. The van der Waals surface area contributed by atoms with E-state index in [9.17, 15) is 0 Å². The molecule has 0 aliphatic carbocycles. The van der Waals surface area contributed by atoms with Gasteiger partial charge in [0, 0.05) is 41.5 Å². The molecule has 0 fully saturated rings. The zero-order valence-electron chi connectivity index (χ0n) is 27.6. The van der Waals surface area contributed by atoms with E-state index < -0.39 is 0 Å². The van der Waals surface area contributed by atoms with E-state index in [0.29, 0.717) is 5.88 Å². The Kier molecular flexibility index (Phi) is 10.3. The topological polar surface area (TPSA) is 73.5 Å². The van der Waals surface area contributed by atoms with Gasteiger partial charge in [-0.2, -0.15) is 0 Å². The molecule has 234 valence electrons. The number of aryl methyl sites for hydroxylation is 7. The minimum absolute atomic E-state index is 0.646. The molecule has 0 atom stereocenters. The molecule has 6 rings (SSSR count). The average molecular weight is 622 g/mol. The highest BCUT2D eigenvalue weighted by Gasteiger charge is 2.16. The van der Waals surface area contributed by atoms with Crippen LogP contribution in [0.15, 0.2) is 60.7 Å². The van der Waals surface area contributed by atoms with Gasteiger partial charge in [0.15, 0.2) is 11.3 Å². The predicted octanol–water partition coefficient (Wildman–Crippen LogP) is 7.74. The largest absolute Gasteiger partial charge is 0.319 e. The number of aromatic nitrogens is 6. The number of hydrogen-bond donors (Lipinski definition) is 1. The summed E-state index contributed by atoms with van der Waals surface area (Å²) in [7, 11) is 1.98. The second-order valence-electron chi connectivity index (χ2n) is 11.6. The monoisotopic (exact) mass is 621 g/mol. The minimum Gasteiger partial charge on any atom is -0.319 e. The van der Waals surface area contributed by atoms with E-state index in [1.807, 2.05) is 20.9 Å². The van der Waals surface area contributed by atoms with Crippen molar-refractivity contribution in [2.45, 2.75) is 67.2 Å². The average Bonchev–Trinajstić information content (AvgIpc) is 3.60. The van der Waals surface area contributed by atoms with Crippen molar-refractivity contribution in [2.24, 2.45) is 0 Å². The van der Waals surface area contributed by atoms with Gasteiger partial charge >= 0.3 is 0 Å². The molecule has 0 aliphatic heterocycles. The van der Waals surface area contributed by atoms with Crippen LogP contribution < -0.4 is 5.32 Å². The van der Waals surface area contributed by atoms with Crippen LogP contribution in [0, 0.1) is 27.7 Å². The molecule has 1 N–H and O–H groups in total. The Labute approximate surface area is 271 Å². The van der Waals surface area contributed by atoms with Crippen molar-refractivity contribution in [1.29, 1.82) is 0 Å². The third-order valence-electron chi connectivity index (χ3n) is 8.08. The van der Waals surface area contributed by atoms with Gasteiger partial charge in [0.05, 0.1) is 0 Å². The summed E-state index contributed by atoms with van der Waals surface area (Å²) in [6.07, 6.45) is 3.69. The molecular weight excluding hydrogens is 578 g/mol. The van der Waals surface area contributed by atoms with Gasteiger partial charge in [0.1, 0.15) is 22.7 Å². The molecule has 2 aromatic carbocycles. The van der Waals surface area contributed by atoms with Crippen LogP contribution in [-0.2, 0) is 25.7 Å². The standard InChI is InChI=1S/C19H24N4.C18H20ClN3/c1-5-17-22-18-13(2)12-14(3)21-19(18)23(17)16-8-6-15(7-9-16)10-11-20-4;1-4-16-21-17-12(2)11-13(3)20-18(17)22(16)15-7-5-14(6-8-15)9-10-19/h6-9,12,20H,5,10-11H2,1-4H3;5-8,11H,4,9-10H2,1-3H3. The molecule has 0 saturated heterocycles. The number of rotatable bonds is 9. The van der Waals surface area contributed by atoms with Crippen LogP contribution >= 0.6 is 11.6 Å². The normalized spacial score (nSPS) is 11.3. The summed E-state index contributed by atoms with van der Waals surface area (Å²) >= 11 is 5.81. The Morgan fingerprint density at radius 2 is 1.04 bits per heavy atom. The number of halogens is 1. The lowest BCUT2D eigenvalue weighted by Crippen LogP contribution is -2.10. The predicted molar refractivity (Wildman–Crippen MR) is 187 cm³/mol. The number of likely N-dealkylation sites (N-methyl/N-ethyl adjacent to an activating group) is 1. The Bertz CT molecular complexity index is 1900. The Morgan fingerprint density at radius 1 is 0.622 bits per heavy atom. The number of pyridine rings is 2. The molecule has 0 saturated carbocycles. The van der Waals surface area contributed by atoms with E-state index in [1.165, 1.54) is 22.3 Å². The number of benzene rings is 2. The molecule has 4 aromatic heterocycles. The van der Waals surface area contributed by atoms with Crippen LogP contribution in [0.2, 0.25) is 0 Å².